The van der Waals surface area contributed by atoms with Crippen molar-refractivity contribution >= 4 is 33.0 Å². The van der Waals surface area contributed by atoms with Crippen molar-refractivity contribution in [3.8, 4) is 17.3 Å². The number of nitrogens with zero attached hydrogens (tertiary/aromatic N) is 5. The summed E-state index contributed by atoms with van der Waals surface area (Å²) in [7, 11) is -2.74. The van der Waals surface area contributed by atoms with Crippen LogP contribution in [0, 0.1) is 41.8 Å². The average Bonchev–Trinajstić information content (AvgIpc) is 3.37. The number of pyridine rings is 1. The van der Waals surface area contributed by atoms with E-state index < -0.39 is 15.8 Å². The highest BCUT2D eigenvalue weighted by atomic mass is 32.2. The molecule has 3 aromatic heterocycles. The van der Waals surface area contributed by atoms with Gasteiger partial charge in [-0.05, 0) is 62.6 Å². The van der Waals surface area contributed by atoms with E-state index in [9.17, 15) is 22.9 Å². The molecular weight excluding hydrogens is 547 g/mol. The van der Waals surface area contributed by atoms with Gasteiger partial charge in [-0.15, -0.1) is 0 Å². The van der Waals surface area contributed by atoms with E-state index >= 15 is 0 Å². The van der Waals surface area contributed by atoms with Crippen molar-refractivity contribution < 1.29 is 22.3 Å². The lowest BCUT2D eigenvalue weighted by Crippen LogP contribution is -2.52. The van der Waals surface area contributed by atoms with Crippen molar-refractivity contribution in [3.05, 3.63) is 65.9 Å². The first-order valence-electron chi connectivity index (χ1n) is 13.3. The Labute approximate surface area is 236 Å². The smallest absolute Gasteiger partial charge is 0.311 e. The number of aryl methyl sites for hydroxylation is 1. The number of carbonyl (C=O) groups excluding carboxylic acids is 1. The Bertz CT molecular complexity index is 1810. The molecule has 3 fully saturated rings. The van der Waals surface area contributed by atoms with Gasteiger partial charge in [0.1, 0.15) is 11.9 Å². The molecular formula is C29H27FN6O4S. The predicted octanol–water partition coefficient (Wildman–Crippen LogP) is 4.44. The summed E-state index contributed by atoms with van der Waals surface area (Å²) < 4.78 is 47.8. The molecule has 3 heterocycles. The van der Waals surface area contributed by atoms with E-state index in [-0.39, 0.29) is 68.5 Å². The van der Waals surface area contributed by atoms with Crippen LogP contribution < -0.4 is 5.32 Å². The molecule has 0 amide bonds. The van der Waals surface area contributed by atoms with Gasteiger partial charge in [0, 0.05) is 23.2 Å². The molecule has 1 aromatic carbocycles. The van der Waals surface area contributed by atoms with E-state index in [0.717, 1.165) is 41.4 Å². The standard InChI is InChI=1S/C29H27FN6O4S/c1-16-3-9-21(10-4-16)41(38,39)36-15-23(22-11-20(30)14-32-27(22)36)25-19(12-31)13-33-29(34-25)35-26-18-7-5-17(6-8-18)24(26)28(37)40-2/h3-4,9-11,13-15,17-18,24,26H,5-8H2,1-2H3,(H,33,34,35)/t17?,18?,24-,26-/m1/s1. The van der Waals surface area contributed by atoms with E-state index in [1.807, 2.05) is 6.92 Å². The second-order valence-electron chi connectivity index (χ2n) is 10.6. The summed E-state index contributed by atoms with van der Waals surface area (Å²) in [4.78, 5) is 25.8. The summed E-state index contributed by atoms with van der Waals surface area (Å²) in [5.74, 6) is -0.702. The fourth-order valence-electron chi connectivity index (χ4n) is 6.27. The number of nitrogens with one attached hydrogen (secondary N) is 1. The SMILES string of the molecule is COC(=O)[C@@H]1C2CCC(CC2)[C@H]1Nc1ncc(C#N)c(-c2cn(S(=O)(=O)c3ccc(C)cc3)c3ncc(F)cc23)n1. The number of anilines is 1. The minimum atomic E-state index is -4.12. The maximum absolute atomic E-state index is 14.4. The normalized spacial score (nSPS) is 21.9. The fourth-order valence-corrected chi connectivity index (χ4v) is 7.59. The van der Waals surface area contributed by atoms with Crippen LogP contribution in [0.25, 0.3) is 22.3 Å². The fraction of sp³-hybridized carbons (Fsp3) is 0.345. The van der Waals surface area contributed by atoms with E-state index in [1.165, 1.54) is 37.7 Å². The van der Waals surface area contributed by atoms with Gasteiger partial charge in [-0.25, -0.2) is 31.7 Å². The lowest BCUT2D eigenvalue weighted by molar-refractivity contribution is -0.152. The van der Waals surface area contributed by atoms with Crippen LogP contribution in [0.5, 0.6) is 0 Å². The third-order valence-electron chi connectivity index (χ3n) is 8.31. The number of methoxy groups -OCH3 is 1. The van der Waals surface area contributed by atoms with Gasteiger partial charge in [0.2, 0.25) is 5.95 Å². The Morgan fingerprint density at radius 1 is 1.12 bits per heavy atom. The third-order valence-corrected chi connectivity index (χ3v) is 9.97. The molecule has 3 saturated carbocycles. The second-order valence-corrected chi connectivity index (χ2v) is 12.5. The molecule has 0 radical (unpaired) electrons. The molecule has 3 aliphatic rings. The number of ether oxygens (including phenoxy) is 1. The van der Waals surface area contributed by atoms with E-state index in [0.29, 0.717) is 0 Å². The molecule has 0 saturated heterocycles. The summed E-state index contributed by atoms with van der Waals surface area (Å²) in [5.41, 5.74) is 1.29. The number of hydrogen-bond donors (Lipinski definition) is 1. The van der Waals surface area contributed by atoms with Gasteiger partial charge in [0.05, 0.1) is 41.6 Å². The van der Waals surface area contributed by atoms with E-state index in [2.05, 4.69) is 26.3 Å². The Hall–Kier alpha value is -4.37. The Morgan fingerprint density at radius 3 is 2.51 bits per heavy atom. The lowest BCUT2D eigenvalue weighted by atomic mass is 9.61. The summed E-state index contributed by atoms with van der Waals surface area (Å²) in [6, 6.07) is 9.31. The van der Waals surface area contributed by atoms with Gasteiger partial charge in [-0.2, -0.15) is 5.26 Å². The Morgan fingerprint density at radius 2 is 1.83 bits per heavy atom. The molecule has 3 aliphatic carbocycles. The summed E-state index contributed by atoms with van der Waals surface area (Å²) in [6.07, 6.45) is 7.42. The van der Waals surface area contributed by atoms with Gasteiger partial charge in [-0.1, -0.05) is 17.7 Å². The van der Waals surface area contributed by atoms with Crippen molar-refractivity contribution in [1.82, 2.24) is 18.9 Å². The molecule has 0 spiro atoms. The van der Waals surface area contributed by atoms with Crippen LogP contribution in [0.15, 0.2) is 53.8 Å². The largest absolute Gasteiger partial charge is 0.469 e. The minimum absolute atomic E-state index is 0.00525. The molecule has 10 nitrogen and oxygen atoms in total. The number of nitriles is 1. The molecule has 1 N–H and O–H groups in total. The van der Waals surface area contributed by atoms with Gasteiger partial charge in [0.25, 0.3) is 10.0 Å². The maximum Gasteiger partial charge on any atom is 0.311 e. The number of hydrogen-bond acceptors (Lipinski definition) is 9. The highest BCUT2D eigenvalue weighted by molar-refractivity contribution is 7.90. The monoisotopic (exact) mass is 574 g/mol. The van der Waals surface area contributed by atoms with Crippen molar-refractivity contribution in [3.63, 3.8) is 0 Å². The van der Waals surface area contributed by atoms with Crippen molar-refractivity contribution in [2.75, 3.05) is 12.4 Å². The van der Waals surface area contributed by atoms with E-state index in [1.54, 1.807) is 12.1 Å². The first-order valence-corrected chi connectivity index (χ1v) is 14.8. The molecule has 210 valence electrons. The molecule has 41 heavy (non-hydrogen) atoms. The van der Waals surface area contributed by atoms with Crippen LogP contribution in [0.2, 0.25) is 0 Å². The molecule has 7 rings (SSSR count). The molecule has 4 aromatic rings. The highest BCUT2D eigenvalue weighted by Gasteiger charge is 2.48. The van der Waals surface area contributed by atoms with Crippen LogP contribution in [0.1, 0.15) is 36.8 Å². The zero-order valence-electron chi connectivity index (χ0n) is 22.4. The molecule has 2 bridgehead atoms. The molecule has 0 aliphatic heterocycles. The lowest BCUT2D eigenvalue weighted by Gasteiger charge is -2.47. The topological polar surface area (TPSA) is 140 Å². The van der Waals surface area contributed by atoms with Gasteiger partial charge in [-0.3, -0.25) is 4.79 Å². The van der Waals surface area contributed by atoms with E-state index in [4.69, 9.17) is 4.74 Å². The third kappa shape index (κ3) is 4.60. The Kier molecular flexibility index (Phi) is 6.69. The zero-order valence-corrected chi connectivity index (χ0v) is 23.2. The van der Waals surface area contributed by atoms with Gasteiger partial charge < -0.3 is 10.1 Å². The molecule has 2 atom stereocenters. The molecule has 12 heteroatoms. The number of fused-ring (bicyclic) bond motifs is 4. The average molecular weight is 575 g/mol. The van der Waals surface area contributed by atoms with Crippen LogP contribution >= 0.6 is 0 Å². The Balaban J connectivity index is 1.47. The minimum Gasteiger partial charge on any atom is -0.469 e. The second kappa shape index (κ2) is 10.2. The maximum atomic E-state index is 14.4. The number of aromatic nitrogens is 4. The first-order chi connectivity index (χ1) is 19.7. The predicted molar refractivity (Wildman–Crippen MR) is 148 cm³/mol. The van der Waals surface area contributed by atoms with Crippen LogP contribution in [0.4, 0.5) is 10.3 Å². The summed E-state index contributed by atoms with van der Waals surface area (Å²) in [5, 5.41) is 13.4. The number of esters is 1. The van der Waals surface area contributed by atoms with Crippen LogP contribution in [-0.2, 0) is 19.6 Å². The number of rotatable bonds is 6. The number of halogens is 1. The molecule has 0 unspecified atom stereocenters. The van der Waals surface area contributed by atoms with Crippen LogP contribution in [-0.4, -0.2) is 46.5 Å². The summed E-state index contributed by atoms with van der Waals surface area (Å²) >= 11 is 0. The number of carbonyl (C=O) groups is 1. The van der Waals surface area contributed by atoms with Crippen molar-refractivity contribution in [2.45, 2.75) is 43.5 Å². The van der Waals surface area contributed by atoms with Gasteiger partial charge >= 0.3 is 5.97 Å². The first kappa shape index (κ1) is 26.8. The quantitative estimate of drug-likeness (QED) is 0.331. The highest BCUT2D eigenvalue weighted by Crippen LogP contribution is 2.46. The van der Waals surface area contributed by atoms with Gasteiger partial charge in [0.15, 0.2) is 5.65 Å². The van der Waals surface area contributed by atoms with Crippen molar-refractivity contribution in [2.24, 2.45) is 17.8 Å². The zero-order chi connectivity index (χ0) is 28.9. The van der Waals surface area contributed by atoms with Crippen molar-refractivity contribution in [1.29, 1.82) is 5.26 Å². The summed E-state index contributed by atoms with van der Waals surface area (Å²) in [6.45, 7) is 1.85. The number of benzene rings is 1. The van der Waals surface area contributed by atoms with Crippen LogP contribution in [0.3, 0.4) is 0 Å².